The molecule has 3 aliphatic carbocycles. The van der Waals surface area contributed by atoms with E-state index in [0.717, 1.165) is 11.8 Å². The number of hydrogen-bond donors (Lipinski definition) is 0. The highest BCUT2D eigenvalue weighted by Crippen LogP contribution is 2.60. The van der Waals surface area contributed by atoms with Gasteiger partial charge in [0, 0.05) is 0 Å². The lowest BCUT2D eigenvalue weighted by molar-refractivity contribution is -0.0273. The monoisotopic (exact) mass is 136 g/mol. The van der Waals surface area contributed by atoms with Crippen LogP contribution in [-0.2, 0) is 0 Å². The van der Waals surface area contributed by atoms with Gasteiger partial charge in [-0.2, -0.15) is 0 Å². The summed E-state index contributed by atoms with van der Waals surface area (Å²) in [6, 6.07) is 0. The zero-order valence-corrected chi connectivity index (χ0v) is 6.98. The molecule has 0 radical (unpaired) electrons. The molecule has 0 aromatic heterocycles. The summed E-state index contributed by atoms with van der Waals surface area (Å²) >= 11 is 0. The van der Waals surface area contributed by atoms with Gasteiger partial charge in [-0.1, -0.05) is 26.0 Å². The molecular formula is C10H16. The van der Waals surface area contributed by atoms with Crippen molar-refractivity contribution >= 4 is 0 Å². The third-order valence-corrected chi connectivity index (χ3v) is 3.78. The fourth-order valence-corrected chi connectivity index (χ4v) is 2.73. The summed E-state index contributed by atoms with van der Waals surface area (Å²) in [4.78, 5) is 0. The van der Waals surface area contributed by atoms with Gasteiger partial charge in [-0.15, -0.1) is 0 Å². The lowest BCUT2D eigenvalue weighted by Gasteiger charge is -2.57. The SMILES string of the molecule is C=C1CC[C@@H]2CC1C2(C)C. The van der Waals surface area contributed by atoms with E-state index >= 15 is 0 Å². The highest BCUT2D eigenvalue weighted by molar-refractivity contribution is 5.18. The topological polar surface area (TPSA) is 0 Å². The van der Waals surface area contributed by atoms with Gasteiger partial charge in [0.15, 0.2) is 0 Å². The van der Waals surface area contributed by atoms with Crippen molar-refractivity contribution in [3.8, 4) is 0 Å². The Morgan fingerprint density at radius 2 is 2.20 bits per heavy atom. The summed E-state index contributed by atoms with van der Waals surface area (Å²) in [6.07, 6.45) is 4.15. The van der Waals surface area contributed by atoms with Crippen molar-refractivity contribution in [2.45, 2.75) is 33.1 Å². The van der Waals surface area contributed by atoms with E-state index < -0.39 is 0 Å². The van der Waals surface area contributed by atoms with Crippen LogP contribution in [0.4, 0.5) is 0 Å². The van der Waals surface area contributed by atoms with Crippen LogP contribution in [-0.4, -0.2) is 0 Å². The Balaban J connectivity index is 2.23. The molecule has 3 saturated carbocycles. The Hall–Kier alpha value is -0.260. The van der Waals surface area contributed by atoms with Crippen LogP contribution in [0, 0.1) is 17.3 Å². The molecular weight excluding hydrogens is 120 g/mol. The zero-order chi connectivity index (χ0) is 7.35. The fourth-order valence-electron chi connectivity index (χ4n) is 2.73. The van der Waals surface area contributed by atoms with Gasteiger partial charge in [0.05, 0.1) is 0 Å². The molecule has 1 unspecified atom stereocenters. The highest BCUT2D eigenvalue weighted by atomic mass is 14.6. The largest absolute Gasteiger partial charge is 0.0996 e. The summed E-state index contributed by atoms with van der Waals surface area (Å²) in [5.74, 6) is 1.88. The van der Waals surface area contributed by atoms with E-state index in [1.54, 1.807) is 0 Å². The standard InChI is InChI=1S/C10H16/c1-7-4-5-8-6-9(7)10(8,2)3/h8-9H,1,4-6H2,2-3H3/t8-,9?/m1/s1. The Kier molecular flexibility index (Phi) is 1.07. The predicted octanol–water partition coefficient (Wildman–Crippen LogP) is 3.00. The molecule has 0 aliphatic heterocycles. The molecule has 0 heteroatoms. The smallest absolute Gasteiger partial charge is 0.0149 e. The summed E-state index contributed by atoms with van der Waals surface area (Å²) in [6.45, 7) is 8.93. The molecule has 3 fully saturated rings. The van der Waals surface area contributed by atoms with E-state index in [9.17, 15) is 0 Å². The maximum atomic E-state index is 4.13. The molecule has 0 amide bonds. The van der Waals surface area contributed by atoms with Crippen molar-refractivity contribution in [3.05, 3.63) is 12.2 Å². The number of fused-ring (bicyclic) bond motifs is 2. The zero-order valence-electron chi connectivity index (χ0n) is 6.98. The third kappa shape index (κ3) is 0.574. The van der Waals surface area contributed by atoms with Crippen molar-refractivity contribution < 1.29 is 0 Å². The maximum Gasteiger partial charge on any atom is -0.0149 e. The Bertz CT molecular complexity index is 174. The van der Waals surface area contributed by atoms with Crippen molar-refractivity contribution in [2.24, 2.45) is 17.3 Å². The van der Waals surface area contributed by atoms with Crippen molar-refractivity contribution in [1.29, 1.82) is 0 Å². The Morgan fingerprint density at radius 1 is 1.50 bits per heavy atom. The molecule has 0 heterocycles. The van der Waals surface area contributed by atoms with E-state index in [2.05, 4.69) is 20.4 Å². The van der Waals surface area contributed by atoms with Gasteiger partial charge in [0.25, 0.3) is 0 Å². The van der Waals surface area contributed by atoms with Crippen LogP contribution in [0.3, 0.4) is 0 Å². The molecule has 3 rings (SSSR count). The molecule has 0 aromatic rings. The van der Waals surface area contributed by atoms with Gasteiger partial charge in [0.2, 0.25) is 0 Å². The average molecular weight is 136 g/mol. The molecule has 10 heavy (non-hydrogen) atoms. The number of rotatable bonds is 0. The van der Waals surface area contributed by atoms with E-state index in [0.29, 0.717) is 5.41 Å². The van der Waals surface area contributed by atoms with Gasteiger partial charge in [0.1, 0.15) is 0 Å². The van der Waals surface area contributed by atoms with Crippen molar-refractivity contribution in [2.75, 3.05) is 0 Å². The van der Waals surface area contributed by atoms with E-state index in [-0.39, 0.29) is 0 Å². The lowest BCUT2D eigenvalue weighted by atomic mass is 9.47. The van der Waals surface area contributed by atoms with Gasteiger partial charge in [-0.05, 0) is 36.5 Å². The van der Waals surface area contributed by atoms with Crippen LogP contribution in [0.2, 0.25) is 0 Å². The number of allylic oxidation sites excluding steroid dienone is 1. The number of hydrogen-bond acceptors (Lipinski definition) is 0. The quantitative estimate of drug-likeness (QED) is 0.449. The van der Waals surface area contributed by atoms with Crippen LogP contribution < -0.4 is 0 Å². The molecule has 0 N–H and O–H groups in total. The van der Waals surface area contributed by atoms with Gasteiger partial charge in [-0.25, -0.2) is 0 Å². The molecule has 2 bridgehead atoms. The third-order valence-electron chi connectivity index (χ3n) is 3.78. The van der Waals surface area contributed by atoms with Crippen molar-refractivity contribution in [3.63, 3.8) is 0 Å². The summed E-state index contributed by atoms with van der Waals surface area (Å²) < 4.78 is 0. The summed E-state index contributed by atoms with van der Waals surface area (Å²) in [5, 5.41) is 0. The molecule has 0 aromatic carbocycles. The van der Waals surface area contributed by atoms with Crippen LogP contribution >= 0.6 is 0 Å². The van der Waals surface area contributed by atoms with E-state index in [1.165, 1.54) is 24.8 Å². The summed E-state index contributed by atoms with van der Waals surface area (Å²) in [7, 11) is 0. The molecule has 0 saturated heterocycles. The fraction of sp³-hybridized carbons (Fsp3) is 0.800. The van der Waals surface area contributed by atoms with E-state index in [4.69, 9.17) is 0 Å². The second-order valence-corrected chi connectivity index (χ2v) is 4.50. The first-order valence-corrected chi connectivity index (χ1v) is 4.30. The molecule has 2 atom stereocenters. The minimum Gasteiger partial charge on any atom is -0.0996 e. The summed E-state index contributed by atoms with van der Waals surface area (Å²) in [5.41, 5.74) is 2.13. The Labute approximate surface area is 63.3 Å². The van der Waals surface area contributed by atoms with Crippen LogP contribution in [0.1, 0.15) is 33.1 Å². The lowest BCUT2D eigenvalue weighted by Crippen LogP contribution is -2.48. The highest BCUT2D eigenvalue weighted by Gasteiger charge is 2.51. The molecule has 3 aliphatic rings. The maximum absolute atomic E-state index is 4.13. The minimum atomic E-state index is 0.606. The first-order valence-electron chi connectivity index (χ1n) is 4.30. The van der Waals surface area contributed by atoms with Crippen LogP contribution in [0.15, 0.2) is 12.2 Å². The van der Waals surface area contributed by atoms with Crippen LogP contribution in [0.5, 0.6) is 0 Å². The first-order chi connectivity index (χ1) is 4.62. The van der Waals surface area contributed by atoms with E-state index in [1.807, 2.05) is 0 Å². The molecule has 0 spiro atoms. The van der Waals surface area contributed by atoms with Gasteiger partial charge in [-0.3, -0.25) is 0 Å². The van der Waals surface area contributed by atoms with Gasteiger partial charge >= 0.3 is 0 Å². The minimum absolute atomic E-state index is 0.606. The van der Waals surface area contributed by atoms with Crippen molar-refractivity contribution in [1.82, 2.24) is 0 Å². The first kappa shape index (κ1) is 6.45. The van der Waals surface area contributed by atoms with Crippen LogP contribution in [0.25, 0.3) is 0 Å². The second kappa shape index (κ2) is 1.66. The molecule has 56 valence electrons. The average Bonchev–Trinajstić information content (AvgIpc) is 1.87. The van der Waals surface area contributed by atoms with Gasteiger partial charge < -0.3 is 0 Å². The predicted molar refractivity (Wildman–Crippen MR) is 43.8 cm³/mol. The normalized spacial score (nSPS) is 42.8. The second-order valence-electron chi connectivity index (χ2n) is 4.50. The Morgan fingerprint density at radius 3 is 2.50 bits per heavy atom. The molecule has 0 nitrogen and oxygen atoms in total.